The second kappa shape index (κ2) is 5.52. The van der Waals surface area contributed by atoms with Gasteiger partial charge in [-0.3, -0.25) is 0 Å². The molecule has 0 radical (unpaired) electrons. The third kappa shape index (κ3) is 2.48. The van der Waals surface area contributed by atoms with E-state index < -0.39 is 0 Å². The summed E-state index contributed by atoms with van der Waals surface area (Å²) >= 11 is 3.51. The van der Waals surface area contributed by atoms with E-state index in [9.17, 15) is 0 Å². The molecule has 0 fully saturated rings. The normalized spacial score (nSPS) is 10.7. The summed E-state index contributed by atoms with van der Waals surface area (Å²) < 4.78 is 0.887. The minimum absolute atomic E-state index is 0.499. The van der Waals surface area contributed by atoms with Crippen LogP contribution in [0.5, 0.6) is 0 Å². The molecule has 0 saturated heterocycles. The van der Waals surface area contributed by atoms with Crippen LogP contribution in [0.3, 0.4) is 0 Å². The molecule has 0 unspecified atom stereocenters. The maximum absolute atomic E-state index is 5.62. The van der Waals surface area contributed by atoms with Crippen molar-refractivity contribution in [1.82, 2.24) is 20.2 Å². The minimum atomic E-state index is 0.499. The van der Waals surface area contributed by atoms with Gasteiger partial charge in [-0.1, -0.05) is 36.4 Å². The molecule has 1 aromatic heterocycles. The Hall–Kier alpha value is -2.05. The Morgan fingerprint density at radius 2 is 1.90 bits per heavy atom. The molecule has 100 valence electrons. The summed E-state index contributed by atoms with van der Waals surface area (Å²) in [7, 11) is 0. The summed E-state index contributed by atoms with van der Waals surface area (Å²) in [6.07, 6.45) is 0. The van der Waals surface area contributed by atoms with E-state index in [0.717, 1.165) is 21.3 Å². The van der Waals surface area contributed by atoms with Gasteiger partial charge in [-0.25, -0.2) is 0 Å². The Labute approximate surface area is 124 Å². The first kappa shape index (κ1) is 13.0. The summed E-state index contributed by atoms with van der Waals surface area (Å²) in [5, 5.41) is 12.6. The van der Waals surface area contributed by atoms with E-state index in [4.69, 9.17) is 5.73 Å². The van der Waals surface area contributed by atoms with Crippen LogP contribution < -0.4 is 5.73 Å². The highest BCUT2D eigenvalue weighted by Gasteiger charge is 2.09. The maximum Gasteiger partial charge on any atom is 0.205 e. The zero-order valence-electron chi connectivity index (χ0n) is 10.6. The van der Waals surface area contributed by atoms with Gasteiger partial charge >= 0.3 is 0 Å². The van der Waals surface area contributed by atoms with Crippen molar-refractivity contribution in [3.63, 3.8) is 0 Å². The number of hydrogen-bond acceptors (Lipinski definition) is 4. The van der Waals surface area contributed by atoms with E-state index in [1.165, 1.54) is 4.80 Å². The minimum Gasteiger partial charge on any atom is -0.326 e. The van der Waals surface area contributed by atoms with E-state index in [1.807, 2.05) is 48.5 Å². The fourth-order valence-corrected chi connectivity index (χ4v) is 2.44. The molecule has 3 aromatic rings. The molecule has 20 heavy (non-hydrogen) atoms. The average molecular weight is 330 g/mol. The quantitative estimate of drug-likeness (QED) is 0.801. The van der Waals surface area contributed by atoms with Crippen LogP contribution in [0.15, 0.2) is 53.0 Å². The van der Waals surface area contributed by atoms with Gasteiger partial charge in [0.25, 0.3) is 0 Å². The van der Waals surface area contributed by atoms with E-state index in [0.29, 0.717) is 12.4 Å². The number of nitrogens with zero attached hydrogens (tertiary/aromatic N) is 4. The van der Waals surface area contributed by atoms with Crippen LogP contribution in [0.4, 0.5) is 0 Å². The molecule has 0 bridgehead atoms. The van der Waals surface area contributed by atoms with Crippen LogP contribution in [0, 0.1) is 0 Å². The van der Waals surface area contributed by atoms with Crippen LogP contribution in [0.25, 0.3) is 17.1 Å². The monoisotopic (exact) mass is 329 g/mol. The highest BCUT2D eigenvalue weighted by molar-refractivity contribution is 9.10. The van der Waals surface area contributed by atoms with Crippen LogP contribution >= 0.6 is 15.9 Å². The van der Waals surface area contributed by atoms with Gasteiger partial charge in [0.05, 0.1) is 0 Å². The first-order valence-electron chi connectivity index (χ1n) is 6.12. The molecule has 0 spiro atoms. The van der Waals surface area contributed by atoms with Crippen LogP contribution in [0.2, 0.25) is 0 Å². The van der Waals surface area contributed by atoms with Crippen LogP contribution in [-0.4, -0.2) is 20.2 Å². The Balaban J connectivity index is 1.98. The van der Waals surface area contributed by atoms with Crippen LogP contribution in [0.1, 0.15) is 5.56 Å². The van der Waals surface area contributed by atoms with Gasteiger partial charge in [0.2, 0.25) is 5.82 Å². The summed E-state index contributed by atoms with van der Waals surface area (Å²) in [4.78, 5) is 1.51. The molecule has 6 heteroatoms. The number of nitrogens with two attached hydrogens (primary N) is 1. The first-order valence-corrected chi connectivity index (χ1v) is 6.91. The third-order valence-corrected chi connectivity index (χ3v) is 3.54. The lowest BCUT2D eigenvalue weighted by atomic mass is 10.2. The number of hydrogen-bond donors (Lipinski definition) is 1. The fourth-order valence-electron chi connectivity index (χ4n) is 1.86. The smallest absolute Gasteiger partial charge is 0.205 e. The maximum atomic E-state index is 5.62. The SMILES string of the molecule is NCc1ccc(-n2nnc(-c3ccccc3)n2)c(Br)c1. The fraction of sp³-hybridized carbons (Fsp3) is 0.0714. The van der Waals surface area contributed by atoms with Crippen molar-refractivity contribution in [2.45, 2.75) is 6.54 Å². The molecule has 3 rings (SSSR count). The topological polar surface area (TPSA) is 69.6 Å². The van der Waals surface area contributed by atoms with Gasteiger partial charge in [-0.15, -0.1) is 15.0 Å². The average Bonchev–Trinajstić information content (AvgIpc) is 2.97. The lowest BCUT2D eigenvalue weighted by Crippen LogP contribution is -2.02. The molecular formula is C14H12BrN5. The molecule has 0 amide bonds. The second-order valence-corrected chi connectivity index (χ2v) is 5.11. The van der Waals surface area contributed by atoms with E-state index in [-0.39, 0.29) is 0 Å². The number of benzene rings is 2. The van der Waals surface area contributed by atoms with Crippen molar-refractivity contribution in [1.29, 1.82) is 0 Å². The number of tetrazole rings is 1. The summed E-state index contributed by atoms with van der Waals surface area (Å²) in [5.74, 6) is 0.598. The Kier molecular flexibility index (Phi) is 3.58. The summed E-state index contributed by atoms with van der Waals surface area (Å²) in [6.45, 7) is 0.499. The molecule has 0 atom stereocenters. The van der Waals surface area contributed by atoms with Crippen molar-refractivity contribution >= 4 is 15.9 Å². The van der Waals surface area contributed by atoms with E-state index in [2.05, 4.69) is 31.3 Å². The number of aromatic nitrogens is 4. The zero-order valence-corrected chi connectivity index (χ0v) is 12.2. The summed E-state index contributed by atoms with van der Waals surface area (Å²) in [6, 6.07) is 15.6. The molecule has 0 aliphatic carbocycles. The molecule has 5 nitrogen and oxygen atoms in total. The lowest BCUT2D eigenvalue weighted by molar-refractivity contribution is 0.717. The van der Waals surface area contributed by atoms with Gasteiger partial charge in [0, 0.05) is 16.6 Å². The van der Waals surface area contributed by atoms with Crippen molar-refractivity contribution in [2.24, 2.45) is 5.73 Å². The lowest BCUT2D eigenvalue weighted by Gasteiger charge is -2.04. The molecule has 2 N–H and O–H groups in total. The Morgan fingerprint density at radius 3 is 2.60 bits per heavy atom. The predicted molar refractivity (Wildman–Crippen MR) is 80.2 cm³/mol. The van der Waals surface area contributed by atoms with E-state index in [1.54, 1.807) is 0 Å². The highest BCUT2D eigenvalue weighted by atomic mass is 79.9. The van der Waals surface area contributed by atoms with Gasteiger partial charge < -0.3 is 5.73 Å². The molecule has 0 saturated carbocycles. The van der Waals surface area contributed by atoms with Gasteiger partial charge in [-0.05, 0) is 38.8 Å². The standard InChI is InChI=1S/C14H12BrN5/c15-12-8-10(9-16)6-7-13(12)20-18-14(17-19-20)11-4-2-1-3-5-11/h1-8H,9,16H2. The predicted octanol–water partition coefficient (Wildman–Crippen LogP) is 2.55. The molecule has 2 aromatic carbocycles. The van der Waals surface area contributed by atoms with Crippen molar-refractivity contribution < 1.29 is 0 Å². The highest BCUT2D eigenvalue weighted by Crippen LogP contribution is 2.22. The Morgan fingerprint density at radius 1 is 1.10 bits per heavy atom. The van der Waals surface area contributed by atoms with Crippen molar-refractivity contribution in [3.05, 3.63) is 58.6 Å². The number of halogens is 1. The van der Waals surface area contributed by atoms with Crippen molar-refractivity contribution in [2.75, 3.05) is 0 Å². The first-order chi connectivity index (χ1) is 9.78. The van der Waals surface area contributed by atoms with Gasteiger partial charge in [-0.2, -0.15) is 0 Å². The van der Waals surface area contributed by atoms with Gasteiger partial charge in [0.1, 0.15) is 5.69 Å². The molecule has 1 heterocycles. The van der Waals surface area contributed by atoms with E-state index >= 15 is 0 Å². The second-order valence-electron chi connectivity index (χ2n) is 4.26. The van der Waals surface area contributed by atoms with Crippen molar-refractivity contribution in [3.8, 4) is 17.1 Å². The number of rotatable bonds is 3. The molecular weight excluding hydrogens is 318 g/mol. The molecule has 0 aliphatic rings. The van der Waals surface area contributed by atoms with Gasteiger partial charge in [0.15, 0.2) is 0 Å². The van der Waals surface area contributed by atoms with Crippen LogP contribution in [-0.2, 0) is 6.54 Å². The zero-order chi connectivity index (χ0) is 13.9. The third-order valence-electron chi connectivity index (χ3n) is 2.91. The largest absolute Gasteiger partial charge is 0.326 e. The Bertz CT molecular complexity index is 723. The summed E-state index contributed by atoms with van der Waals surface area (Å²) in [5.41, 5.74) is 8.43. The molecule has 0 aliphatic heterocycles.